The van der Waals surface area contributed by atoms with Gasteiger partial charge in [-0.1, -0.05) is 30.5 Å². The second-order valence-corrected chi connectivity index (χ2v) is 7.98. The van der Waals surface area contributed by atoms with Gasteiger partial charge in [-0.15, -0.1) is 0 Å². The maximum absolute atomic E-state index is 12.6. The zero-order chi connectivity index (χ0) is 18.3. The normalized spacial score (nSPS) is 20.4. The molecule has 142 valence electrons. The van der Waals surface area contributed by atoms with Crippen LogP contribution in [-0.2, 0) is 5.41 Å². The SMILES string of the molecule is O=C(NCC1(c2ccc3c(c2)OCO3)CCCCC1)c1cc(C2CC2)on1. The fraction of sp³-hybridized carbons (Fsp3) is 0.524. The molecule has 1 amide bonds. The van der Waals surface area contributed by atoms with Gasteiger partial charge in [0.25, 0.3) is 5.91 Å². The summed E-state index contributed by atoms with van der Waals surface area (Å²) in [5.41, 5.74) is 1.52. The number of carbonyl (C=O) groups excluding carboxylic acids is 1. The Labute approximate surface area is 158 Å². The number of carbonyl (C=O) groups is 1. The van der Waals surface area contributed by atoms with Gasteiger partial charge < -0.3 is 19.3 Å². The highest BCUT2D eigenvalue weighted by Gasteiger charge is 2.36. The summed E-state index contributed by atoms with van der Waals surface area (Å²) in [6.45, 7) is 0.870. The van der Waals surface area contributed by atoms with E-state index in [1.165, 1.54) is 24.8 Å². The van der Waals surface area contributed by atoms with Crippen LogP contribution in [0.25, 0.3) is 0 Å². The molecule has 0 spiro atoms. The Bertz CT molecular complexity index is 850. The number of aromatic nitrogens is 1. The summed E-state index contributed by atoms with van der Waals surface area (Å²) >= 11 is 0. The molecule has 1 N–H and O–H groups in total. The van der Waals surface area contributed by atoms with Gasteiger partial charge in [0.2, 0.25) is 6.79 Å². The summed E-state index contributed by atoms with van der Waals surface area (Å²) in [5.74, 6) is 2.73. The molecule has 0 unspecified atom stereocenters. The highest BCUT2D eigenvalue weighted by molar-refractivity contribution is 5.92. The zero-order valence-corrected chi connectivity index (χ0v) is 15.3. The van der Waals surface area contributed by atoms with Gasteiger partial charge >= 0.3 is 0 Å². The van der Waals surface area contributed by atoms with E-state index in [0.29, 0.717) is 18.2 Å². The summed E-state index contributed by atoms with van der Waals surface area (Å²) < 4.78 is 16.3. The maximum atomic E-state index is 12.6. The first-order valence-electron chi connectivity index (χ1n) is 9.88. The van der Waals surface area contributed by atoms with Crippen LogP contribution < -0.4 is 14.8 Å². The molecule has 1 aliphatic heterocycles. The van der Waals surface area contributed by atoms with Crippen LogP contribution in [-0.4, -0.2) is 24.4 Å². The van der Waals surface area contributed by atoms with E-state index < -0.39 is 0 Å². The Morgan fingerprint density at radius 1 is 1.11 bits per heavy atom. The van der Waals surface area contributed by atoms with E-state index in [1.807, 2.05) is 6.07 Å². The number of hydrogen-bond donors (Lipinski definition) is 1. The molecule has 6 heteroatoms. The molecule has 2 saturated carbocycles. The molecule has 2 aromatic rings. The van der Waals surface area contributed by atoms with Crippen LogP contribution in [0.1, 0.15) is 72.7 Å². The molecule has 3 aliphatic rings. The Balaban J connectivity index is 1.34. The van der Waals surface area contributed by atoms with Crippen LogP contribution in [0.4, 0.5) is 0 Å². The van der Waals surface area contributed by atoms with Crippen molar-refractivity contribution in [2.75, 3.05) is 13.3 Å². The molecule has 6 nitrogen and oxygen atoms in total. The molecule has 2 heterocycles. The minimum absolute atomic E-state index is 0.0715. The van der Waals surface area contributed by atoms with Crippen LogP contribution in [0, 0.1) is 0 Å². The third kappa shape index (κ3) is 3.17. The number of hydrogen-bond acceptors (Lipinski definition) is 5. The second kappa shape index (κ2) is 6.59. The fourth-order valence-corrected chi connectivity index (χ4v) is 4.32. The molecule has 2 fully saturated rings. The Morgan fingerprint density at radius 3 is 2.74 bits per heavy atom. The van der Waals surface area contributed by atoms with Gasteiger partial charge in [0.15, 0.2) is 17.2 Å². The molecule has 1 aromatic carbocycles. The highest BCUT2D eigenvalue weighted by Crippen LogP contribution is 2.43. The van der Waals surface area contributed by atoms with Crippen LogP contribution in [0.15, 0.2) is 28.8 Å². The number of rotatable bonds is 5. The summed E-state index contributed by atoms with van der Waals surface area (Å²) in [5, 5.41) is 7.08. The van der Waals surface area contributed by atoms with Crippen molar-refractivity contribution >= 4 is 5.91 Å². The first-order valence-corrected chi connectivity index (χ1v) is 9.88. The van der Waals surface area contributed by atoms with Crippen LogP contribution in [0.2, 0.25) is 0 Å². The number of nitrogens with one attached hydrogen (secondary N) is 1. The monoisotopic (exact) mass is 368 g/mol. The first kappa shape index (κ1) is 16.7. The topological polar surface area (TPSA) is 73.6 Å². The van der Waals surface area contributed by atoms with Crippen molar-refractivity contribution in [1.82, 2.24) is 10.5 Å². The van der Waals surface area contributed by atoms with E-state index in [-0.39, 0.29) is 18.1 Å². The lowest BCUT2D eigenvalue weighted by atomic mass is 9.69. The van der Waals surface area contributed by atoms with E-state index in [0.717, 1.165) is 42.9 Å². The predicted molar refractivity (Wildman–Crippen MR) is 98.1 cm³/mol. The predicted octanol–water partition coefficient (Wildman–Crippen LogP) is 3.91. The highest BCUT2D eigenvalue weighted by atomic mass is 16.7. The maximum Gasteiger partial charge on any atom is 0.273 e. The van der Waals surface area contributed by atoms with E-state index in [2.05, 4.69) is 22.6 Å². The Morgan fingerprint density at radius 2 is 1.93 bits per heavy atom. The number of nitrogens with zero attached hydrogens (tertiary/aromatic N) is 1. The molecule has 2 aliphatic carbocycles. The van der Waals surface area contributed by atoms with Crippen molar-refractivity contribution in [1.29, 1.82) is 0 Å². The van der Waals surface area contributed by atoms with Crippen molar-refractivity contribution < 1.29 is 18.8 Å². The van der Waals surface area contributed by atoms with Gasteiger partial charge in [0, 0.05) is 23.9 Å². The van der Waals surface area contributed by atoms with E-state index in [1.54, 1.807) is 6.07 Å². The minimum atomic E-state index is -0.156. The Hall–Kier alpha value is -2.50. The average Bonchev–Trinajstić information content (AvgIpc) is 3.25. The molecule has 27 heavy (non-hydrogen) atoms. The van der Waals surface area contributed by atoms with Crippen molar-refractivity contribution in [2.24, 2.45) is 0 Å². The van der Waals surface area contributed by atoms with Crippen LogP contribution in [0.3, 0.4) is 0 Å². The molecule has 5 rings (SSSR count). The first-order chi connectivity index (χ1) is 13.2. The summed E-state index contributed by atoms with van der Waals surface area (Å²) in [6.07, 6.45) is 7.94. The summed E-state index contributed by atoms with van der Waals surface area (Å²) in [6, 6.07) is 7.98. The molecular formula is C21H24N2O4. The lowest BCUT2D eigenvalue weighted by Crippen LogP contribution is -2.42. The van der Waals surface area contributed by atoms with Gasteiger partial charge in [0.1, 0.15) is 5.76 Å². The van der Waals surface area contributed by atoms with Crippen LogP contribution in [0.5, 0.6) is 11.5 Å². The smallest absolute Gasteiger partial charge is 0.273 e. The number of benzene rings is 1. The summed E-state index contributed by atoms with van der Waals surface area (Å²) in [4.78, 5) is 12.6. The van der Waals surface area contributed by atoms with Gasteiger partial charge in [-0.3, -0.25) is 4.79 Å². The van der Waals surface area contributed by atoms with Crippen molar-refractivity contribution in [3.63, 3.8) is 0 Å². The van der Waals surface area contributed by atoms with Crippen molar-refractivity contribution in [3.8, 4) is 11.5 Å². The minimum Gasteiger partial charge on any atom is -0.454 e. The second-order valence-electron chi connectivity index (χ2n) is 7.98. The number of ether oxygens (including phenoxy) is 2. The van der Waals surface area contributed by atoms with Crippen molar-refractivity contribution in [3.05, 3.63) is 41.3 Å². The average molecular weight is 368 g/mol. The lowest BCUT2D eigenvalue weighted by molar-refractivity contribution is 0.0927. The molecule has 0 radical (unpaired) electrons. The quantitative estimate of drug-likeness (QED) is 0.866. The van der Waals surface area contributed by atoms with Crippen LogP contribution >= 0.6 is 0 Å². The van der Waals surface area contributed by atoms with Gasteiger partial charge in [-0.05, 0) is 43.4 Å². The fourth-order valence-electron chi connectivity index (χ4n) is 4.32. The zero-order valence-electron chi connectivity index (χ0n) is 15.3. The van der Waals surface area contributed by atoms with E-state index in [9.17, 15) is 4.79 Å². The van der Waals surface area contributed by atoms with Gasteiger partial charge in [-0.25, -0.2) is 0 Å². The molecular weight excluding hydrogens is 344 g/mol. The van der Waals surface area contributed by atoms with Gasteiger partial charge in [0.05, 0.1) is 0 Å². The molecule has 0 saturated heterocycles. The molecule has 0 atom stereocenters. The molecule has 1 aromatic heterocycles. The summed E-state index contributed by atoms with van der Waals surface area (Å²) in [7, 11) is 0. The Kier molecular flexibility index (Phi) is 4.06. The lowest BCUT2D eigenvalue weighted by Gasteiger charge is -2.38. The third-order valence-electron chi connectivity index (χ3n) is 6.12. The largest absolute Gasteiger partial charge is 0.454 e. The third-order valence-corrected chi connectivity index (χ3v) is 6.12. The molecule has 0 bridgehead atoms. The number of fused-ring (bicyclic) bond motifs is 1. The van der Waals surface area contributed by atoms with E-state index in [4.69, 9.17) is 14.0 Å². The van der Waals surface area contributed by atoms with Crippen molar-refractivity contribution in [2.45, 2.75) is 56.3 Å². The number of amides is 1. The van der Waals surface area contributed by atoms with E-state index >= 15 is 0 Å². The standard InChI is InChI=1S/C21H24N2O4/c24-20(16-11-18(27-23-16)14-4-5-14)22-12-21(8-2-1-3-9-21)15-6-7-17-19(10-15)26-13-25-17/h6-7,10-11,14H,1-5,8-9,12-13H2,(H,22,24). The van der Waals surface area contributed by atoms with Gasteiger partial charge in [-0.2, -0.15) is 0 Å².